The molecule has 0 aliphatic carbocycles. The van der Waals surface area contributed by atoms with E-state index in [1.807, 2.05) is 6.92 Å². The molecule has 0 bridgehead atoms. The molecule has 1 aliphatic rings. The molecule has 1 fully saturated rings. The van der Waals surface area contributed by atoms with Crippen LogP contribution in [0.15, 0.2) is 39.4 Å². The number of aryl methyl sites for hydroxylation is 1. The average molecular weight is 405 g/mol. The largest absolute Gasteiger partial charge is 0.444 e. The number of piperidine rings is 1. The maximum Gasteiger partial charge on any atom is 0.287 e. The van der Waals surface area contributed by atoms with Crippen molar-refractivity contribution in [3.8, 4) is 0 Å². The number of nitrogens with zero attached hydrogens (tertiary/aromatic N) is 1. The fourth-order valence-electron chi connectivity index (χ4n) is 3.32. The summed E-state index contributed by atoms with van der Waals surface area (Å²) in [6.07, 6.45) is 3.95. The average Bonchev–Trinajstić information content (AvgIpc) is 2.94. The number of halogens is 1. The van der Waals surface area contributed by atoms with Crippen molar-refractivity contribution < 1.29 is 9.21 Å². The van der Waals surface area contributed by atoms with E-state index in [9.17, 15) is 4.79 Å². The number of likely N-dealkylation sites (tertiary alicyclic amines) is 1. The lowest BCUT2D eigenvalue weighted by Crippen LogP contribution is -2.36. The minimum atomic E-state index is -0.186. The first-order valence-electron chi connectivity index (χ1n) is 8.89. The fourth-order valence-corrected chi connectivity index (χ4v) is 3.83. The van der Waals surface area contributed by atoms with Crippen LogP contribution in [0.3, 0.4) is 0 Å². The number of carbonyl (C=O) groups is 1. The fraction of sp³-hybridized carbons (Fsp3) is 0.450. The van der Waals surface area contributed by atoms with E-state index in [4.69, 9.17) is 4.42 Å². The zero-order valence-electron chi connectivity index (χ0n) is 14.8. The van der Waals surface area contributed by atoms with Crippen LogP contribution in [0.5, 0.6) is 0 Å². The normalized spacial score (nSPS) is 18.3. The molecule has 1 aromatic heterocycles. The number of amides is 1. The van der Waals surface area contributed by atoms with Gasteiger partial charge in [0.1, 0.15) is 0 Å². The van der Waals surface area contributed by atoms with Gasteiger partial charge in [-0.1, -0.05) is 30.7 Å². The van der Waals surface area contributed by atoms with E-state index in [0.29, 0.717) is 23.0 Å². The molecule has 1 atom stereocenters. The Labute approximate surface area is 157 Å². The van der Waals surface area contributed by atoms with Gasteiger partial charge in [-0.05, 0) is 66.4 Å². The molecule has 2 aromatic rings. The lowest BCUT2D eigenvalue weighted by atomic mass is 10.0. The molecule has 1 aliphatic heterocycles. The molecule has 1 N–H and O–H groups in total. The minimum absolute atomic E-state index is 0.186. The first-order valence-corrected chi connectivity index (χ1v) is 9.68. The third kappa shape index (κ3) is 4.73. The molecular weight excluding hydrogens is 380 g/mol. The first kappa shape index (κ1) is 18.2. The van der Waals surface area contributed by atoms with E-state index in [1.54, 1.807) is 6.07 Å². The molecule has 1 aromatic carbocycles. The quantitative estimate of drug-likeness (QED) is 0.788. The molecule has 2 heterocycles. The number of rotatable bonds is 5. The minimum Gasteiger partial charge on any atom is -0.444 e. The van der Waals surface area contributed by atoms with Crippen molar-refractivity contribution in [1.29, 1.82) is 0 Å². The molecule has 0 spiro atoms. The Morgan fingerprint density at radius 2 is 2.00 bits per heavy atom. The predicted octanol–water partition coefficient (Wildman–Crippen LogP) is 4.65. The van der Waals surface area contributed by atoms with Crippen LogP contribution < -0.4 is 5.32 Å². The molecule has 1 unspecified atom stereocenters. The Morgan fingerprint density at radius 1 is 1.28 bits per heavy atom. The standard InChI is InChI=1S/C20H25BrN2O2/c1-14-11-18(21)25-19(14)20(24)22-12-16-6-8-17(9-7-16)13-23-10-4-3-5-15(23)2/h6-9,11,15H,3-5,10,12-13H2,1-2H3,(H,22,24). The lowest BCUT2D eigenvalue weighted by molar-refractivity contribution is 0.0921. The number of hydrogen-bond donors (Lipinski definition) is 1. The topological polar surface area (TPSA) is 45.5 Å². The first-order chi connectivity index (χ1) is 12.0. The van der Waals surface area contributed by atoms with Gasteiger partial charge in [0.25, 0.3) is 5.91 Å². The highest BCUT2D eigenvalue weighted by atomic mass is 79.9. The van der Waals surface area contributed by atoms with Gasteiger partial charge < -0.3 is 9.73 Å². The van der Waals surface area contributed by atoms with Crippen LogP contribution in [-0.4, -0.2) is 23.4 Å². The summed E-state index contributed by atoms with van der Waals surface area (Å²) in [6.45, 7) is 6.87. The molecule has 25 heavy (non-hydrogen) atoms. The summed E-state index contributed by atoms with van der Waals surface area (Å²) < 4.78 is 5.95. The van der Waals surface area contributed by atoms with Gasteiger partial charge in [-0.25, -0.2) is 0 Å². The van der Waals surface area contributed by atoms with Gasteiger partial charge in [-0.3, -0.25) is 9.69 Å². The van der Waals surface area contributed by atoms with Gasteiger partial charge in [0.15, 0.2) is 10.4 Å². The zero-order valence-corrected chi connectivity index (χ0v) is 16.4. The van der Waals surface area contributed by atoms with E-state index in [-0.39, 0.29) is 5.91 Å². The van der Waals surface area contributed by atoms with Crippen LogP contribution >= 0.6 is 15.9 Å². The predicted molar refractivity (Wildman–Crippen MR) is 102 cm³/mol. The van der Waals surface area contributed by atoms with Crippen LogP contribution in [-0.2, 0) is 13.1 Å². The third-order valence-electron chi connectivity index (χ3n) is 4.90. The maximum absolute atomic E-state index is 12.2. The summed E-state index contributed by atoms with van der Waals surface area (Å²) in [7, 11) is 0. The summed E-state index contributed by atoms with van der Waals surface area (Å²) in [5.41, 5.74) is 3.25. The van der Waals surface area contributed by atoms with Crippen LogP contribution in [0.4, 0.5) is 0 Å². The number of furan rings is 1. The second-order valence-electron chi connectivity index (χ2n) is 6.88. The number of benzene rings is 1. The van der Waals surface area contributed by atoms with Crippen molar-refractivity contribution in [3.05, 3.63) is 57.5 Å². The van der Waals surface area contributed by atoms with Crippen LogP contribution in [0.1, 0.15) is 53.4 Å². The van der Waals surface area contributed by atoms with Crippen molar-refractivity contribution in [2.75, 3.05) is 6.54 Å². The van der Waals surface area contributed by atoms with E-state index in [1.165, 1.54) is 31.4 Å². The molecule has 3 rings (SSSR count). The smallest absolute Gasteiger partial charge is 0.287 e. The molecule has 1 amide bonds. The summed E-state index contributed by atoms with van der Waals surface area (Å²) >= 11 is 3.25. The highest BCUT2D eigenvalue weighted by Gasteiger charge is 2.18. The van der Waals surface area contributed by atoms with E-state index in [0.717, 1.165) is 17.7 Å². The SMILES string of the molecule is Cc1cc(Br)oc1C(=O)NCc1ccc(CN2CCCCC2C)cc1. The molecule has 0 saturated carbocycles. The second kappa shape index (κ2) is 8.19. The van der Waals surface area contributed by atoms with Crippen LogP contribution in [0.25, 0.3) is 0 Å². The van der Waals surface area contributed by atoms with Crippen molar-refractivity contribution in [3.63, 3.8) is 0 Å². The van der Waals surface area contributed by atoms with Gasteiger partial charge in [0.05, 0.1) is 0 Å². The molecule has 134 valence electrons. The second-order valence-corrected chi connectivity index (χ2v) is 7.66. The highest BCUT2D eigenvalue weighted by Crippen LogP contribution is 2.20. The molecule has 4 nitrogen and oxygen atoms in total. The van der Waals surface area contributed by atoms with Crippen LogP contribution in [0, 0.1) is 6.92 Å². The monoisotopic (exact) mass is 404 g/mol. The van der Waals surface area contributed by atoms with Crippen molar-refractivity contribution in [1.82, 2.24) is 10.2 Å². The van der Waals surface area contributed by atoms with Gasteiger partial charge >= 0.3 is 0 Å². The number of hydrogen-bond acceptors (Lipinski definition) is 3. The zero-order chi connectivity index (χ0) is 17.8. The Hall–Kier alpha value is -1.59. The highest BCUT2D eigenvalue weighted by molar-refractivity contribution is 9.10. The molecular formula is C20H25BrN2O2. The van der Waals surface area contributed by atoms with Gasteiger partial charge in [-0.2, -0.15) is 0 Å². The van der Waals surface area contributed by atoms with E-state index < -0.39 is 0 Å². The number of carbonyl (C=O) groups excluding carboxylic acids is 1. The van der Waals surface area contributed by atoms with Crippen LogP contribution in [0.2, 0.25) is 0 Å². The molecule has 1 saturated heterocycles. The number of nitrogens with one attached hydrogen (secondary N) is 1. The summed E-state index contributed by atoms with van der Waals surface area (Å²) in [4.78, 5) is 14.7. The van der Waals surface area contributed by atoms with E-state index >= 15 is 0 Å². The summed E-state index contributed by atoms with van der Waals surface area (Å²) in [6, 6.07) is 11.0. The maximum atomic E-state index is 12.2. The molecule has 5 heteroatoms. The summed E-state index contributed by atoms with van der Waals surface area (Å²) in [5, 5.41) is 2.91. The van der Waals surface area contributed by atoms with Crippen molar-refractivity contribution >= 4 is 21.8 Å². The van der Waals surface area contributed by atoms with Gasteiger partial charge in [0.2, 0.25) is 0 Å². The Morgan fingerprint density at radius 3 is 2.64 bits per heavy atom. The Kier molecular flexibility index (Phi) is 5.97. The van der Waals surface area contributed by atoms with Gasteiger partial charge in [-0.15, -0.1) is 0 Å². The lowest BCUT2D eigenvalue weighted by Gasteiger charge is -2.33. The van der Waals surface area contributed by atoms with Gasteiger partial charge in [0, 0.05) is 24.7 Å². The van der Waals surface area contributed by atoms with Crippen molar-refractivity contribution in [2.24, 2.45) is 0 Å². The Bertz CT molecular complexity index is 724. The van der Waals surface area contributed by atoms with Crippen molar-refractivity contribution in [2.45, 2.75) is 52.2 Å². The third-order valence-corrected chi connectivity index (χ3v) is 5.29. The van der Waals surface area contributed by atoms with E-state index in [2.05, 4.69) is 57.3 Å². The summed E-state index contributed by atoms with van der Waals surface area (Å²) in [5.74, 6) is 0.178. The molecule has 0 radical (unpaired) electrons. The Balaban J connectivity index is 1.54.